The van der Waals surface area contributed by atoms with Crippen LogP contribution in [0.2, 0.25) is 0 Å². The van der Waals surface area contributed by atoms with Crippen molar-refractivity contribution in [3.05, 3.63) is 12.2 Å². The molecular weight excluding hydrogens is 342 g/mol. The Morgan fingerprint density at radius 1 is 0.778 bits per heavy atom. The standard InChI is InChI=1S/C18H34O2.C4H11NO2/c1-2-3-4-5-6-7-8-9-10-11-12-13-14-15-16-17-18(19)20;6-3-1-5-2-4-7/h9-10H,2-8,11-17H2,1H3,(H,19,20);5-7H,1-4H2. The zero-order chi connectivity index (χ0) is 20.4. The second-order valence-electron chi connectivity index (χ2n) is 7.02. The second kappa shape index (κ2) is 27.3. The molecule has 0 radical (unpaired) electrons. The van der Waals surface area contributed by atoms with Crippen LogP contribution in [0.4, 0.5) is 0 Å². The Balaban J connectivity index is 0. The number of nitrogens with two attached hydrogens (primary N) is 1. The van der Waals surface area contributed by atoms with Gasteiger partial charge in [-0.1, -0.05) is 70.4 Å². The van der Waals surface area contributed by atoms with E-state index in [0.717, 1.165) is 19.3 Å². The number of allylic oxidation sites excluding steroid dienone is 2. The number of carbonyl (C=O) groups excluding carboxylic acids is 1. The Kier molecular flexibility index (Phi) is 28.6. The van der Waals surface area contributed by atoms with Gasteiger partial charge in [0.2, 0.25) is 0 Å². The van der Waals surface area contributed by atoms with Crippen molar-refractivity contribution in [2.45, 2.75) is 96.8 Å². The third-order valence-electron chi connectivity index (χ3n) is 4.31. The van der Waals surface area contributed by atoms with Crippen LogP contribution in [0.1, 0.15) is 96.8 Å². The van der Waals surface area contributed by atoms with Gasteiger partial charge in [0.1, 0.15) is 0 Å². The lowest BCUT2D eigenvalue weighted by Crippen LogP contribution is -2.85. The molecule has 162 valence electrons. The summed E-state index contributed by atoms with van der Waals surface area (Å²) in [6.07, 6.45) is 20.9. The van der Waals surface area contributed by atoms with Crippen LogP contribution in [0.3, 0.4) is 0 Å². The third-order valence-corrected chi connectivity index (χ3v) is 4.31. The number of rotatable bonds is 19. The van der Waals surface area contributed by atoms with Crippen LogP contribution in [0.25, 0.3) is 0 Å². The number of unbranched alkanes of at least 4 members (excludes halogenated alkanes) is 11. The quantitative estimate of drug-likeness (QED) is 0.234. The lowest BCUT2D eigenvalue weighted by molar-refractivity contribution is -0.657. The molecule has 0 saturated carbocycles. The van der Waals surface area contributed by atoms with Crippen LogP contribution in [0.5, 0.6) is 0 Å². The Morgan fingerprint density at radius 2 is 1.22 bits per heavy atom. The molecule has 0 fully saturated rings. The summed E-state index contributed by atoms with van der Waals surface area (Å²) in [6.45, 7) is 4.03. The monoisotopic (exact) mass is 387 g/mol. The molecule has 5 heteroatoms. The lowest BCUT2D eigenvalue weighted by atomic mass is 10.1. The first kappa shape index (κ1) is 28.3. The Labute approximate surface area is 167 Å². The van der Waals surface area contributed by atoms with E-state index in [0.29, 0.717) is 13.1 Å². The second-order valence-corrected chi connectivity index (χ2v) is 7.02. The molecule has 0 saturated heterocycles. The summed E-state index contributed by atoms with van der Waals surface area (Å²) in [5.74, 6) is -0.914. The van der Waals surface area contributed by atoms with E-state index < -0.39 is 5.97 Å². The molecule has 0 unspecified atom stereocenters. The van der Waals surface area contributed by atoms with Crippen molar-refractivity contribution in [1.82, 2.24) is 0 Å². The number of aliphatic carboxylic acids is 1. The number of carboxylic acids is 1. The minimum atomic E-state index is -0.914. The van der Waals surface area contributed by atoms with E-state index in [2.05, 4.69) is 19.1 Å². The van der Waals surface area contributed by atoms with Crippen LogP contribution >= 0.6 is 0 Å². The summed E-state index contributed by atoms with van der Waals surface area (Å²) >= 11 is 0. The third kappa shape index (κ3) is 33.1. The van der Waals surface area contributed by atoms with E-state index >= 15 is 0 Å². The van der Waals surface area contributed by atoms with Crippen molar-refractivity contribution >= 4 is 5.97 Å². The van der Waals surface area contributed by atoms with Crippen LogP contribution in [-0.2, 0) is 4.79 Å². The molecule has 0 amide bonds. The normalized spacial score (nSPS) is 10.8. The molecule has 0 atom stereocenters. The SMILES string of the molecule is CCCCCCCCC=CCCCCCCCC(=O)[O-].OCC[NH2+]CCO. The zero-order valence-corrected chi connectivity index (χ0v) is 17.7. The van der Waals surface area contributed by atoms with Gasteiger partial charge in [-0.05, 0) is 38.5 Å². The number of quaternary nitrogens is 1. The van der Waals surface area contributed by atoms with Crippen LogP contribution < -0.4 is 10.4 Å². The van der Waals surface area contributed by atoms with Gasteiger partial charge >= 0.3 is 0 Å². The fourth-order valence-corrected chi connectivity index (χ4v) is 2.67. The molecule has 0 aromatic rings. The average molecular weight is 388 g/mol. The number of aliphatic hydroxyl groups is 2. The Bertz CT molecular complexity index is 305. The first-order valence-electron chi connectivity index (χ1n) is 11.1. The van der Waals surface area contributed by atoms with E-state index in [9.17, 15) is 9.90 Å². The van der Waals surface area contributed by atoms with E-state index in [-0.39, 0.29) is 19.6 Å². The summed E-state index contributed by atoms with van der Waals surface area (Å²) in [6, 6.07) is 0. The number of hydrogen-bond donors (Lipinski definition) is 3. The topological polar surface area (TPSA) is 97.2 Å². The molecule has 0 aromatic heterocycles. The smallest absolute Gasteiger partial charge is 0.0991 e. The van der Waals surface area contributed by atoms with Gasteiger partial charge in [0.05, 0.1) is 26.3 Å². The number of aliphatic hydroxyl groups excluding tert-OH is 2. The molecule has 0 aliphatic carbocycles. The summed E-state index contributed by atoms with van der Waals surface area (Å²) in [7, 11) is 0. The molecule has 0 aliphatic rings. The van der Waals surface area contributed by atoms with E-state index in [1.165, 1.54) is 64.2 Å². The van der Waals surface area contributed by atoms with E-state index in [1.807, 2.05) is 5.32 Å². The molecule has 0 aliphatic heterocycles. The molecule has 0 spiro atoms. The first-order chi connectivity index (χ1) is 13.2. The van der Waals surface area contributed by atoms with Crippen molar-refractivity contribution in [2.75, 3.05) is 26.3 Å². The molecule has 0 heterocycles. The van der Waals surface area contributed by atoms with Gasteiger partial charge in [-0.3, -0.25) is 0 Å². The molecule has 0 bridgehead atoms. The van der Waals surface area contributed by atoms with Crippen LogP contribution in [0.15, 0.2) is 12.2 Å². The molecule has 4 N–H and O–H groups in total. The lowest BCUT2D eigenvalue weighted by Gasteiger charge is -2.01. The van der Waals surface area contributed by atoms with Gasteiger partial charge < -0.3 is 25.4 Å². The minimum absolute atomic E-state index is 0.194. The summed E-state index contributed by atoms with van der Waals surface area (Å²) < 4.78 is 0. The highest BCUT2D eigenvalue weighted by Crippen LogP contribution is 2.09. The maximum Gasteiger partial charge on any atom is 0.0991 e. The van der Waals surface area contributed by atoms with Gasteiger partial charge in [0.15, 0.2) is 0 Å². The predicted octanol–water partition coefficient (Wildman–Crippen LogP) is 2.31. The molecule has 27 heavy (non-hydrogen) atoms. The van der Waals surface area contributed by atoms with Crippen LogP contribution in [-0.4, -0.2) is 42.5 Å². The predicted molar refractivity (Wildman–Crippen MR) is 110 cm³/mol. The molecule has 5 nitrogen and oxygen atoms in total. The van der Waals surface area contributed by atoms with Gasteiger partial charge in [-0.2, -0.15) is 0 Å². The van der Waals surface area contributed by atoms with E-state index in [1.54, 1.807) is 0 Å². The fraction of sp³-hybridized carbons (Fsp3) is 0.864. The number of carbonyl (C=O) groups is 1. The Morgan fingerprint density at radius 3 is 1.67 bits per heavy atom. The molecular formula is C22H45NO4. The maximum atomic E-state index is 10.2. The summed E-state index contributed by atoms with van der Waals surface area (Å²) in [5.41, 5.74) is 0. The first-order valence-corrected chi connectivity index (χ1v) is 11.1. The average Bonchev–Trinajstić information content (AvgIpc) is 2.65. The van der Waals surface area contributed by atoms with Crippen molar-refractivity contribution < 1.29 is 25.4 Å². The molecule has 0 rings (SSSR count). The van der Waals surface area contributed by atoms with Crippen molar-refractivity contribution in [3.8, 4) is 0 Å². The van der Waals surface area contributed by atoms with Crippen LogP contribution in [0, 0.1) is 0 Å². The zero-order valence-electron chi connectivity index (χ0n) is 17.7. The van der Waals surface area contributed by atoms with Gasteiger partial charge in [-0.25, -0.2) is 0 Å². The van der Waals surface area contributed by atoms with Crippen molar-refractivity contribution in [3.63, 3.8) is 0 Å². The highest BCUT2D eigenvalue weighted by Gasteiger charge is 1.91. The van der Waals surface area contributed by atoms with Gasteiger partial charge in [0.25, 0.3) is 0 Å². The van der Waals surface area contributed by atoms with Gasteiger partial charge in [-0.15, -0.1) is 0 Å². The molecule has 0 aromatic carbocycles. The highest BCUT2D eigenvalue weighted by molar-refractivity contribution is 5.63. The van der Waals surface area contributed by atoms with Crippen molar-refractivity contribution in [1.29, 1.82) is 0 Å². The highest BCUT2D eigenvalue weighted by atomic mass is 16.4. The number of carboxylic acid groups (broad SMARTS) is 1. The Hall–Kier alpha value is -0.910. The minimum Gasteiger partial charge on any atom is -0.550 e. The van der Waals surface area contributed by atoms with Gasteiger partial charge in [0, 0.05) is 5.97 Å². The number of hydrogen-bond acceptors (Lipinski definition) is 4. The van der Waals surface area contributed by atoms with E-state index in [4.69, 9.17) is 10.2 Å². The fourth-order valence-electron chi connectivity index (χ4n) is 2.67. The van der Waals surface area contributed by atoms with Crippen molar-refractivity contribution in [2.24, 2.45) is 0 Å². The summed E-state index contributed by atoms with van der Waals surface area (Å²) in [5, 5.41) is 28.4. The summed E-state index contributed by atoms with van der Waals surface area (Å²) in [4.78, 5) is 10.2. The maximum absolute atomic E-state index is 10.2. The largest absolute Gasteiger partial charge is 0.550 e.